The van der Waals surface area contributed by atoms with Crippen LogP contribution in [0, 0.1) is 6.92 Å². The van der Waals surface area contributed by atoms with E-state index in [-0.39, 0.29) is 5.91 Å². The summed E-state index contributed by atoms with van der Waals surface area (Å²) < 4.78 is 0. The average Bonchev–Trinajstić information content (AvgIpc) is 2.47. The van der Waals surface area contributed by atoms with Crippen LogP contribution in [-0.2, 0) is 11.3 Å². The summed E-state index contributed by atoms with van der Waals surface area (Å²) in [5.41, 5.74) is 8.30. The largest absolute Gasteiger partial charge is 0.351 e. The Hall–Kier alpha value is -1.39. The van der Waals surface area contributed by atoms with Crippen molar-refractivity contribution in [3.8, 4) is 0 Å². The van der Waals surface area contributed by atoms with Crippen LogP contribution in [0.2, 0.25) is 0 Å². The number of amides is 1. The molecule has 1 amide bonds. The van der Waals surface area contributed by atoms with Crippen LogP contribution >= 0.6 is 0 Å². The molecular weight excluding hydrogens is 262 g/mol. The van der Waals surface area contributed by atoms with Crippen molar-refractivity contribution in [2.45, 2.75) is 51.2 Å². The number of nitrogens with zero attached hydrogens (tertiary/aromatic N) is 1. The Morgan fingerprint density at radius 2 is 1.86 bits per heavy atom. The molecule has 116 valence electrons. The number of benzene rings is 1. The smallest absolute Gasteiger partial charge is 0.234 e. The molecule has 3 N–H and O–H groups in total. The van der Waals surface area contributed by atoms with E-state index in [1.54, 1.807) is 0 Å². The minimum atomic E-state index is 0.0907. The van der Waals surface area contributed by atoms with Crippen LogP contribution in [-0.4, -0.2) is 36.5 Å². The maximum absolute atomic E-state index is 12.0. The molecule has 0 atom stereocenters. The van der Waals surface area contributed by atoms with Crippen molar-refractivity contribution in [1.29, 1.82) is 0 Å². The minimum absolute atomic E-state index is 0.0907. The lowest BCUT2D eigenvalue weighted by molar-refractivity contribution is -0.122. The van der Waals surface area contributed by atoms with E-state index < -0.39 is 0 Å². The summed E-state index contributed by atoms with van der Waals surface area (Å²) in [5, 5.41) is 2.99. The van der Waals surface area contributed by atoms with Gasteiger partial charge in [-0.2, -0.15) is 0 Å². The number of carbonyl (C=O) groups excluding carboxylic acids is 1. The maximum atomic E-state index is 12.0. The van der Waals surface area contributed by atoms with Crippen molar-refractivity contribution in [2.24, 2.45) is 5.73 Å². The van der Waals surface area contributed by atoms with E-state index in [0.29, 0.717) is 25.2 Å². The second kappa shape index (κ2) is 7.57. The van der Waals surface area contributed by atoms with Crippen molar-refractivity contribution >= 4 is 5.91 Å². The first-order valence-corrected chi connectivity index (χ1v) is 7.82. The summed E-state index contributed by atoms with van der Waals surface area (Å²) in [6, 6.07) is 9.10. The molecule has 0 aliphatic heterocycles. The number of aryl methyl sites for hydroxylation is 1. The maximum Gasteiger partial charge on any atom is 0.234 e. The summed E-state index contributed by atoms with van der Waals surface area (Å²) in [7, 11) is 2.03. The molecule has 4 heteroatoms. The van der Waals surface area contributed by atoms with Crippen molar-refractivity contribution < 1.29 is 4.79 Å². The monoisotopic (exact) mass is 289 g/mol. The van der Waals surface area contributed by atoms with Crippen LogP contribution in [0.3, 0.4) is 0 Å². The van der Waals surface area contributed by atoms with E-state index in [1.807, 2.05) is 7.05 Å². The molecule has 0 saturated heterocycles. The van der Waals surface area contributed by atoms with Crippen molar-refractivity contribution in [3.05, 3.63) is 35.4 Å². The lowest BCUT2D eigenvalue weighted by Crippen LogP contribution is -2.43. The molecule has 1 aliphatic carbocycles. The fourth-order valence-electron chi connectivity index (χ4n) is 2.86. The van der Waals surface area contributed by atoms with Gasteiger partial charge >= 0.3 is 0 Å². The summed E-state index contributed by atoms with van der Waals surface area (Å²) in [5.74, 6) is 0.0907. The third-order valence-corrected chi connectivity index (χ3v) is 4.37. The van der Waals surface area contributed by atoms with Crippen LogP contribution in [0.4, 0.5) is 0 Å². The van der Waals surface area contributed by atoms with Crippen LogP contribution in [0.1, 0.15) is 36.8 Å². The Balaban J connectivity index is 1.72. The van der Waals surface area contributed by atoms with Crippen molar-refractivity contribution in [1.82, 2.24) is 10.2 Å². The summed E-state index contributed by atoms with van der Waals surface area (Å²) in [4.78, 5) is 14.2. The molecular formula is C17H27N3O. The molecule has 1 saturated carbocycles. The lowest BCUT2D eigenvalue weighted by Gasteiger charge is -2.33. The van der Waals surface area contributed by atoms with Crippen molar-refractivity contribution in [3.63, 3.8) is 0 Å². The highest BCUT2D eigenvalue weighted by Crippen LogP contribution is 2.20. The molecule has 2 rings (SSSR count). The Kier molecular flexibility index (Phi) is 5.76. The third kappa shape index (κ3) is 5.14. The van der Waals surface area contributed by atoms with Gasteiger partial charge in [0.2, 0.25) is 5.91 Å². The molecule has 0 bridgehead atoms. The first-order chi connectivity index (χ1) is 10.0. The molecule has 0 spiro atoms. The van der Waals surface area contributed by atoms with Gasteiger partial charge in [-0.15, -0.1) is 0 Å². The Bertz CT molecular complexity index is 450. The van der Waals surface area contributed by atoms with E-state index in [9.17, 15) is 4.79 Å². The standard InChI is InChI=1S/C17H27N3O/c1-13-3-5-14(6-4-13)11-19-17(21)12-20(2)16-9-7-15(18)8-10-16/h3-6,15-16H,7-12,18H2,1-2H3,(H,19,21). The molecule has 1 fully saturated rings. The molecule has 0 unspecified atom stereocenters. The van der Waals surface area contributed by atoms with Gasteiger partial charge in [0.1, 0.15) is 0 Å². The second-order valence-electron chi connectivity index (χ2n) is 6.25. The minimum Gasteiger partial charge on any atom is -0.351 e. The Morgan fingerprint density at radius 3 is 2.48 bits per heavy atom. The fourth-order valence-corrected chi connectivity index (χ4v) is 2.86. The molecule has 1 aromatic rings. The van der Waals surface area contributed by atoms with Gasteiger partial charge in [0.05, 0.1) is 6.54 Å². The van der Waals surface area contributed by atoms with E-state index >= 15 is 0 Å². The molecule has 4 nitrogen and oxygen atoms in total. The quantitative estimate of drug-likeness (QED) is 0.869. The van der Waals surface area contributed by atoms with Gasteiger partial charge in [0.25, 0.3) is 0 Å². The zero-order valence-corrected chi connectivity index (χ0v) is 13.1. The van der Waals surface area contributed by atoms with Gasteiger partial charge in [0, 0.05) is 18.6 Å². The van der Waals surface area contributed by atoms with E-state index in [4.69, 9.17) is 5.73 Å². The molecule has 1 aromatic carbocycles. The van der Waals surface area contributed by atoms with Crippen LogP contribution < -0.4 is 11.1 Å². The lowest BCUT2D eigenvalue weighted by atomic mass is 9.91. The molecule has 0 radical (unpaired) electrons. The molecule has 0 aromatic heterocycles. The number of hydrogen-bond acceptors (Lipinski definition) is 3. The van der Waals surface area contributed by atoms with Gasteiger partial charge in [-0.25, -0.2) is 0 Å². The van der Waals surface area contributed by atoms with E-state index in [1.165, 1.54) is 5.56 Å². The van der Waals surface area contributed by atoms with Gasteiger partial charge in [-0.1, -0.05) is 29.8 Å². The van der Waals surface area contributed by atoms with Crippen LogP contribution in [0.25, 0.3) is 0 Å². The predicted molar refractivity (Wildman–Crippen MR) is 85.9 cm³/mol. The Morgan fingerprint density at radius 1 is 1.24 bits per heavy atom. The van der Waals surface area contributed by atoms with Crippen LogP contribution in [0.5, 0.6) is 0 Å². The zero-order chi connectivity index (χ0) is 15.2. The number of nitrogens with two attached hydrogens (primary N) is 1. The third-order valence-electron chi connectivity index (χ3n) is 4.37. The number of likely N-dealkylation sites (N-methyl/N-ethyl adjacent to an activating group) is 1. The van der Waals surface area contributed by atoms with Crippen LogP contribution in [0.15, 0.2) is 24.3 Å². The molecule has 21 heavy (non-hydrogen) atoms. The summed E-state index contributed by atoms with van der Waals surface area (Å²) in [6.45, 7) is 3.13. The highest BCUT2D eigenvalue weighted by Gasteiger charge is 2.22. The highest BCUT2D eigenvalue weighted by molar-refractivity contribution is 5.78. The first kappa shape index (κ1) is 16.0. The SMILES string of the molecule is Cc1ccc(CNC(=O)CN(C)C2CCC(N)CC2)cc1. The number of rotatable bonds is 5. The molecule has 1 aliphatic rings. The summed E-state index contributed by atoms with van der Waals surface area (Å²) in [6.07, 6.45) is 4.34. The summed E-state index contributed by atoms with van der Waals surface area (Å²) >= 11 is 0. The highest BCUT2D eigenvalue weighted by atomic mass is 16.2. The normalized spacial score (nSPS) is 22.3. The topological polar surface area (TPSA) is 58.4 Å². The van der Waals surface area contributed by atoms with Crippen molar-refractivity contribution in [2.75, 3.05) is 13.6 Å². The van der Waals surface area contributed by atoms with Gasteiger partial charge < -0.3 is 11.1 Å². The molecule has 0 heterocycles. The second-order valence-corrected chi connectivity index (χ2v) is 6.25. The van der Waals surface area contributed by atoms with Gasteiger partial charge in [0.15, 0.2) is 0 Å². The number of carbonyl (C=O) groups is 1. The predicted octanol–water partition coefficient (Wildman–Crippen LogP) is 1.81. The average molecular weight is 289 g/mol. The first-order valence-electron chi connectivity index (χ1n) is 7.82. The number of hydrogen-bond donors (Lipinski definition) is 2. The Labute approximate surface area is 127 Å². The van der Waals surface area contributed by atoms with E-state index in [0.717, 1.165) is 31.2 Å². The van der Waals surface area contributed by atoms with Gasteiger partial charge in [-0.3, -0.25) is 9.69 Å². The number of nitrogens with one attached hydrogen (secondary N) is 1. The zero-order valence-electron chi connectivity index (χ0n) is 13.1. The van der Waals surface area contributed by atoms with E-state index in [2.05, 4.69) is 41.4 Å². The van der Waals surface area contributed by atoms with Gasteiger partial charge in [-0.05, 0) is 45.2 Å². The fraction of sp³-hybridized carbons (Fsp3) is 0.588.